The molecule has 10 nitrogen and oxygen atoms in total. The number of aliphatic hydroxyl groups excluding tert-OH is 1. The van der Waals surface area contributed by atoms with Gasteiger partial charge in [-0.15, -0.1) is 0 Å². The number of aliphatic hydroxyl groups is 1. The molecule has 1 heterocycles. The second kappa shape index (κ2) is 14.4. The van der Waals surface area contributed by atoms with E-state index in [0.717, 1.165) is 16.3 Å². The van der Waals surface area contributed by atoms with Gasteiger partial charge in [0.05, 0.1) is 30.3 Å². The minimum absolute atomic E-state index is 0.0470. The Labute approximate surface area is 268 Å². The number of rotatable bonds is 9. The van der Waals surface area contributed by atoms with Gasteiger partial charge in [-0.1, -0.05) is 55.5 Å². The van der Waals surface area contributed by atoms with Crippen LogP contribution in [0.4, 0.5) is 16.2 Å². The smallest absolute Gasteiger partial charge is 0.335 e. The van der Waals surface area contributed by atoms with Crippen LogP contribution in [0.15, 0.2) is 84.9 Å². The van der Waals surface area contributed by atoms with Gasteiger partial charge in [-0.3, -0.25) is 9.69 Å². The summed E-state index contributed by atoms with van der Waals surface area (Å²) in [5, 5.41) is 26.9. The summed E-state index contributed by atoms with van der Waals surface area (Å²) < 4.78 is 6.61. The predicted octanol–water partition coefficient (Wildman–Crippen LogP) is 5.46. The van der Waals surface area contributed by atoms with Crippen molar-refractivity contribution in [1.82, 2.24) is 9.80 Å². The first-order chi connectivity index (χ1) is 22.1. The summed E-state index contributed by atoms with van der Waals surface area (Å²) in [5.41, 5.74) is 3.03. The van der Waals surface area contributed by atoms with Gasteiger partial charge in [0.25, 0.3) is 0 Å². The SMILES string of the molecule is C[C@@H]1CN([C@H](C)CO)C(=O)Cc2cc(NC(=O)Nc3cccc4ccccc34)ccc2O[C@@H]1CN(C)Cc1ccc(C(=O)O)cc1. The summed E-state index contributed by atoms with van der Waals surface area (Å²) in [4.78, 5) is 41.7. The largest absolute Gasteiger partial charge is 0.488 e. The van der Waals surface area contributed by atoms with Crippen molar-refractivity contribution in [1.29, 1.82) is 0 Å². The lowest BCUT2D eigenvalue weighted by Gasteiger charge is -2.34. The summed E-state index contributed by atoms with van der Waals surface area (Å²) in [6.07, 6.45) is -0.263. The number of hydrogen-bond donors (Lipinski definition) is 4. The van der Waals surface area contributed by atoms with Gasteiger partial charge in [0, 0.05) is 42.2 Å². The number of likely N-dealkylation sites (N-methyl/N-ethyl adjacent to an activating group) is 1. The average molecular weight is 625 g/mol. The summed E-state index contributed by atoms with van der Waals surface area (Å²) in [5.74, 6) is -0.623. The average Bonchev–Trinajstić information content (AvgIpc) is 3.08. The maximum Gasteiger partial charge on any atom is 0.335 e. The van der Waals surface area contributed by atoms with Crippen molar-refractivity contribution in [3.8, 4) is 5.75 Å². The van der Waals surface area contributed by atoms with E-state index in [9.17, 15) is 24.6 Å². The van der Waals surface area contributed by atoms with E-state index >= 15 is 0 Å². The lowest BCUT2D eigenvalue weighted by atomic mass is 10.0. The van der Waals surface area contributed by atoms with Gasteiger partial charge < -0.3 is 30.5 Å². The molecule has 4 aromatic carbocycles. The first kappa shape index (κ1) is 32.5. The van der Waals surface area contributed by atoms with E-state index in [1.165, 1.54) is 0 Å². The number of nitrogens with zero attached hydrogens (tertiary/aromatic N) is 2. The Bertz CT molecular complexity index is 1700. The van der Waals surface area contributed by atoms with Crippen LogP contribution < -0.4 is 15.4 Å². The molecule has 0 fully saturated rings. The molecule has 4 N–H and O–H groups in total. The van der Waals surface area contributed by atoms with E-state index in [2.05, 4.69) is 15.5 Å². The van der Waals surface area contributed by atoms with Crippen molar-refractivity contribution < 1.29 is 29.3 Å². The van der Waals surface area contributed by atoms with Gasteiger partial charge >= 0.3 is 12.0 Å². The van der Waals surface area contributed by atoms with Crippen LogP contribution in [0, 0.1) is 5.92 Å². The molecule has 1 aliphatic heterocycles. The fraction of sp³-hybridized carbons (Fsp3) is 0.306. The predicted molar refractivity (Wildman–Crippen MR) is 178 cm³/mol. The van der Waals surface area contributed by atoms with Crippen molar-refractivity contribution in [2.24, 2.45) is 5.92 Å². The zero-order valence-electron chi connectivity index (χ0n) is 26.3. The van der Waals surface area contributed by atoms with Crippen LogP contribution in [0.5, 0.6) is 5.75 Å². The summed E-state index contributed by atoms with van der Waals surface area (Å²) in [7, 11) is 1.97. The van der Waals surface area contributed by atoms with Gasteiger partial charge in [0.2, 0.25) is 5.91 Å². The molecule has 46 heavy (non-hydrogen) atoms. The zero-order chi connectivity index (χ0) is 32.8. The highest BCUT2D eigenvalue weighted by molar-refractivity contribution is 6.06. The van der Waals surface area contributed by atoms with Gasteiger partial charge in [0.15, 0.2) is 0 Å². The van der Waals surface area contributed by atoms with Crippen LogP contribution in [0.25, 0.3) is 10.8 Å². The molecule has 0 unspecified atom stereocenters. The van der Waals surface area contributed by atoms with E-state index in [1.54, 1.807) is 47.4 Å². The van der Waals surface area contributed by atoms with Crippen LogP contribution in [-0.2, 0) is 17.8 Å². The summed E-state index contributed by atoms with van der Waals surface area (Å²) in [6, 6.07) is 24.8. The number of carboxylic acids is 1. The molecular weight excluding hydrogens is 584 g/mol. The molecule has 0 radical (unpaired) electrons. The molecule has 10 heteroatoms. The molecule has 4 aromatic rings. The molecule has 0 bridgehead atoms. The van der Waals surface area contributed by atoms with Crippen molar-refractivity contribution in [3.05, 3.63) is 102 Å². The Kier molecular flexibility index (Phi) is 10.2. The maximum absolute atomic E-state index is 13.6. The van der Waals surface area contributed by atoms with Crippen molar-refractivity contribution >= 4 is 40.1 Å². The normalized spacial score (nSPS) is 17.3. The van der Waals surface area contributed by atoms with Crippen LogP contribution >= 0.6 is 0 Å². The maximum atomic E-state index is 13.6. The third-order valence-corrected chi connectivity index (χ3v) is 8.36. The third kappa shape index (κ3) is 7.82. The molecule has 3 amide bonds. The van der Waals surface area contributed by atoms with Crippen LogP contribution in [0.3, 0.4) is 0 Å². The summed E-state index contributed by atoms with van der Waals surface area (Å²) in [6.45, 7) is 5.19. The van der Waals surface area contributed by atoms with Crippen molar-refractivity contribution in [2.45, 2.75) is 39.0 Å². The molecule has 0 spiro atoms. The lowest BCUT2D eigenvalue weighted by Crippen LogP contribution is -2.47. The molecule has 5 rings (SSSR count). The Morgan fingerprint density at radius 3 is 2.50 bits per heavy atom. The van der Waals surface area contributed by atoms with Gasteiger partial charge in [0.1, 0.15) is 11.9 Å². The first-order valence-electron chi connectivity index (χ1n) is 15.4. The number of benzene rings is 4. The van der Waals surface area contributed by atoms with Crippen molar-refractivity contribution in [3.63, 3.8) is 0 Å². The number of carboxylic acid groups (broad SMARTS) is 1. The standard InChI is InChI=1S/C36H40N4O6/c1-23-19-40(24(2)22-41)34(42)18-28-17-29(37-36(45)38-31-10-6-8-26-7-4-5-9-30(26)31)15-16-32(28)46-33(23)21-39(3)20-25-11-13-27(14-12-25)35(43)44/h4-17,23-24,33,41H,18-22H2,1-3H3,(H,43,44)(H2,37,38,45)/t23-,24-,33-/m1/s1. The topological polar surface area (TPSA) is 131 Å². The molecule has 240 valence electrons. The Balaban J connectivity index is 1.36. The summed E-state index contributed by atoms with van der Waals surface area (Å²) >= 11 is 0. The van der Waals surface area contributed by atoms with E-state index in [4.69, 9.17) is 4.74 Å². The molecule has 0 saturated heterocycles. The molecule has 0 aromatic heterocycles. The van der Waals surface area contributed by atoms with Crippen LogP contribution in [0.2, 0.25) is 0 Å². The molecule has 1 aliphatic rings. The third-order valence-electron chi connectivity index (χ3n) is 8.36. The quantitative estimate of drug-likeness (QED) is 0.194. The molecule has 0 aliphatic carbocycles. The number of fused-ring (bicyclic) bond motifs is 2. The highest BCUT2D eigenvalue weighted by Crippen LogP contribution is 2.30. The monoisotopic (exact) mass is 624 g/mol. The lowest BCUT2D eigenvalue weighted by molar-refractivity contribution is -0.134. The minimum Gasteiger partial charge on any atom is -0.488 e. The Morgan fingerprint density at radius 1 is 1.02 bits per heavy atom. The van der Waals surface area contributed by atoms with Crippen LogP contribution in [-0.4, -0.2) is 76.8 Å². The van der Waals surface area contributed by atoms with E-state index < -0.39 is 12.0 Å². The number of amides is 3. The number of carbonyl (C=O) groups excluding carboxylic acids is 2. The fourth-order valence-corrected chi connectivity index (χ4v) is 5.78. The molecule has 0 saturated carbocycles. The highest BCUT2D eigenvalue weighted by Gasteiger charge is 2.31. The van der Waals surface area contributed by atoms with Gasteiger partial charge in [-0.25, -0.2) is 9.59 Å². The number of hydrogen-bond acceptors (Lipinski definition) is 6. The number of ether oxygens (including phenoxy) is 1. The second-order valence-electron chi connectivity index (χ2n) is 12.0. The van der Waals surface area contributed by atoms with Crippen molar-refractivity contribution in [2.75, 3.05) is 37.4 Å². The van der Waals surface area contributed by atoms with E-state index in [0.29, 0.717) is 42.3 Å². The number of aromatic carboxylic acids is 1. The first-order valence-corrected chi connectivity index (χ1v) is 15.4. The Hall–Kier alpha value is -4.93. The molecular formula is C36H40N4O6. The van der Waals surface area contributed by atoms with E-state index in [1.807, 2.05) is 63.4 Å². The number of anilines is 2. The highest BCUT2D eigenvalue weighted by atomic mass is 16.5. The number of carbonyl (C=O) groups is 3. The van der Waals surface area contributed by atoms with Crippen LogP contribution in [0.1, 0.15) is 35.3 Å². The molecule has 3 atom stereocenters. The minimum atomic E-state index is -0.966. The number of urea groups is 1. The van der Waals surface area contributed by atoms with Gasteiger partial charge in [-0.2, -0.15) is 0 Å². The fourth-order valence-electron chi connectivity index (χ4n) is 5.78. The zero-order valence-corrected chi connectivity index (χ0v) is 26.3. The van der Waals surface area contributed by atoms with Gasteiger partial charge in [-0.05, 0) is 61.3 Å². The second-order valence-corrected chi connectivity index (χ2v) is 12.0. The van der Waals surface area contributed by atoms with E-state index in [-0.39, 0.29) is 42.6 Å². The number of nitrogens with one attached hydrogen (secondary N) is 2. The Morgan fingerprint density at radius 2 is 1.76 bits per heavy atom.